The van der Waals surface area contributed by atoms with Crippen molar-refractivity contribution in [1.29, 1.82) is 0 Å². The molecule has 0 saturated carbocycles. The van der Waals surface area contributed by atoms with E-state index in [1.165, 1.54) is 0 Å². The summed E-state index contributed by atoms with van der Waals surface area (Å²) in [5.41, 5.74) is 0. The fourth-order valence-electron chi connectivity index (χ4n) is 1.76. The first-order valence-corrected chi connectivity index (χ1v) is 5.78. The summed E-state index contributed by atoms with van der Waals surface area (Å²) in [4.78, 5) is 16.1. The molecule has 0 bridgehead atoms. The average molecular weight is 213 g/mol. The van der Waals surface area contributed by atoms with Crippen LogP contribution in [0.15, 0.2) is 0 Å². The number of nitrogens with one attached hydrogen (secondary N) is 1. The maximum absolute atomic E-state index is 12.0. The average Bonchev–Trinajstić information content (AvgIpc) is 2.18. The molecule has 1 fully saturated rings. The Kier molecular flexibility index (Phi) is 5.05. The van der Waals surface area contributed by atoms with Crippen LogP contribution in [0.4, 0.5) is 0 Å². The number of likely N-dealkylation sites (N-methyl/N-ethyl adjacent to an activating group) is 1. The Bertz CT molecular complexity index is 206. The highest BCUT2D eigenvalue weighted by Crippen LogP contribution is 2.03. The van der Waals surface area contributed by atoms with Gasteiger partial charge in [0.05, 0.1) is 6.04 Å². The largest absolute Gasteiger partial charge is 0.340 e. The summed E-state index contributed by atoms with van der Waals surface area (Å²) in [5.74, 6) is 0.247. The van der Waals surface area contributed by atoms with Gasteiger partial charge in [-0.05, 0) is 40.4 Å². The third-order valence-corrected chi connectivity index (χ3v) is 2.80. The Balaban J connectivity index is 2.46. The van der Waals surface area contributed by atoms with Crippen molar-refractivity contribution in [2.45, 2.75) is 25.8 Å². The topological polar surface area (TPSA) is 35.6 Å². The molecule has 1 saturated heterocycles. The van der Waals surface area contributed by atoms with E-state index in [9.17, 15) is 4.79 Å². The molecule has 0 aromatic carbocycles. The van der Waals surface area contributed by atoms with Crippen LogP contribution in [0.2, 0.25) is 0 Å². The Morgan fingerprint density at radius 1 is 1.47 bits per heavy atom. The molecule has 1 aliphatic heterocycles. The number of nitrogens with zero attached hydrogens (tertiary/aromatic N) is 2. The molecule has 88 valence electrons. The van der Waals surface area contributed by atoms with E-state index in [-0.39, 0.29) is 11.9 Å². The number of amides is 1. The lowest BCUT2D eigenvalue weighted by Gasteiger charge is -2.29. The number of rotatable bonds is 3. The molecule has 1 amide bonds. The van der Waals surface area contributed by atoms with Crippen molar-refractivity contribution in [3.05, 3.63) is 0 Å². The highest BCUT2D eigenvalue weighted by Gasteiger charge is 2.21. The number of hydrogen-bond donors (Lipinski definition) is 1. The molecule has 4 nitrogen and oxygen atoms in total. The predicted molar refractivity (Wildman–Crippen MR) is 61.8 cm³/mol. The molecular weight excluding hydrogens is 190 g/mol. The maximum atomic E-state index is 12.0. The van der Waals surface area contributed by atoms with Gasteiger partial charge in [-0.1, -0.05) is 0 Å². The van der Waals surface area contributed by atoms with Gasteiger partial charge in [0.25, 0.3) is 0 Å². The van der Waals surface area contributed by atoms with Gasteiger partial charge in [0.2, 0.25) is 5.91 Å². The van der Waals surface area contributed by atoms with E-state index in [1.807, 2.05) is 25.9 Å². The van der Waals surface area contributed by atoms with Crippen molar-refractivity contribution in [2.24, 2.45) is 0 Å². The van der Waals surface area contributed by atoms with Crippen LogP contribution in [-0.4, -0.2) is 62.0 Å². The van der Waals surface area contributed by atoms with E-state index in [1.54, 1.807) is 0 Å². The van der Waals surface area contributed by atoms with Gasteiger partial charge in [0.1, 0.15) is 0 Å². The number of carbonyl (C=O) groups is 1. The summed E-state index contributed by atoms with van der Waals surface area (Å²) in [6.07, 6.45) is 2.27. The van der Waals surface area contributed by atoms with Crippen LogP contribution in [0.3, 0.4) is 0 Å². The second-order valence-corrected chi connectivity index (χ2v) is 4.51. The summed E-state index contributed by atoms with van der Waals surface area (Å²) in [6, 6.07) is -0.0209. The molecule has 1 rings (SSSR count). The normalized spacial score (nSPS) is 24.1. The second-order valence-electron chi connectivity index (χ2n) is 4.51. The summed E-state index contributed by atoms with van der Waals surface area (Å²) in [5, 5.41) is 3.25. The van der Waals surface area contributed by atoms with Gasteiger partial charge >= 0.3 is 0 Å². The van der Waals surface area contributed by atoms with Gasteiger partial charge in [-0.25, -0.2) is 0 Å². The van der Waals surface area contributed by atoms with Gasteiger partial charge in [-0.2, -0.15) is 0 Å². The molecule has 1 unspecified atom stereocenters. The molecular formula is C11H23N3O. The van der Waals surface area contributed by atoms with Crippen molar-refractivity contribution in [3.8, 4) is 0 Å². The fraction of sp³-hybridized carbons (Fsp3) is 0.909. The van der Waals surface area contributed by atoms with Crippen LogP contribution >= 0.6 is 0 Å². The predicted octanol–water partition coefficient (Wildman–Crippen LogP) is 0.149. The lowest BCUT2D eigenvalue weighted by Crippen LogP contribution is -2.49. The van der Waals surface area contributed by atoms with Gasteiger partial charge in [-0.15, -0.1) is 0 Å². The van der Waals surface area contributed by atoms with Crippen LogP contribution in [-0.2, 0) is 4.79 Å². The number of hydrogen-bond acceptors (Lipinski definition) is 3. The lowest BCUT2D eigenvalue weighted by molar-refractivity contribution is -0.133. The van der Waals surface area contributed by atoms with E-state index in [2.05, 4.69) is 10.2 Å². The van der Waals surface area contributed by atoms with Crippen LogP contribution in [0, 0.1) is 0 Å². The van der Waals surface area contributed by atoms with Crippen LogP contribution in [0.5, 0.6) is 0 Å². The zero-order valence-corrected chi connectivity index (χ0v) is 10.1. The molecule has 0 radical (unpaired) electrons. The Hall–Kier alpha value is -0.610. The van der Waals surface area contributed by atoms with Crippen LogP contribution < -0.4 is 5.32 Å². The van der Waals surface area contributed by atoms with Gasteiger partial charge in [0.15, 0.2) is 0 Å². The van der Waals surface area contributed by atoms with Crippen molar-refractivity contribution >= 4 is 5.91 Å². The maximum Gasteiger partial charge on any atom is 0.239 e. The van der Waals surface area contributed by atoms with E-state index in [0.29, 0.717) is 0 Å². The fourth-order valence-corrected chi connectivity index (χ4v) is 1.76. The van der Waals surface area contributed by atoms with Gasteiger partial charge in [0, 0.05) is 19.6 Å². The summed E-state index contributed by atoms with van der Waals surface area (Å²) < 4.78 is 0. The molecule has 4 heteroatoms. The summed E-state index contributed by atoms with van der Waals surface area (Å²) >= 11 is 0. The molecule has 15 heavy (non-hydrogen) atoms. The number of carbonyl (C=O) groups excluding carboxylic acids is 1. The molecule has 1 heterocycles. The zero-order valence-electron chi connectivity index (χ0n) is 10.1. The molecule has 1 N–H and O–H groups in total. The third kappa shape index (κ3) is 4.18. The lowest BCUT2D eigenvalue weighted by atomic mass is 10.2. The Morgan fingerprint density at radius 2 is 2.20 bits per heavy atom. The minimum Gasteiger partial charge on any atom is -0.340 e. The minimum atomic E-state index is -0.0209. The van der Waals surface area contributed by atoms with Crippen molar-refractivity contribution in [3.63, 3.8) is 0 Å². The quantitative estimate of drug-likeness (QED) is 0.725. The SMILES string of the molecule is CC1NCCCCN(CCN(C)C)C1=O. The Labute approximate surface area is 92.6 Å². The van der Waals surface area contributed by atoms with E-state index < -0.39 is 0 Å². The highest BCUT2D eigenvalue weighted by atomic mass is 16.2. The zero-order chi connectivity index (χ0) is 11.3. The molecule has 1 atom stereocenters. The molecule has 1 aliphatic rings. The first-order chi connectivity index (χ1) is 7.11. The second kappa shape index (κ2) is 6.08. The van der Waals surface area contributed by atoms with Crippen LogP contribution in [0.25, 0.3) is 0 Å². The van der Waals surface area contributed by atoms with Crippen molar-refractivity contribution in [1.82, 2.24) is 15.1 Å². The van der Waals surface area contributed by atoms with Gasteiger partial charge < -0.3 is 15.1 Å². The monoisotopic (exact) mass is 213 g/mol. The van der Waals surface area contributed by atoms with Gasteiger partial charge in [-0.3, -0.25) is 4.79 Å². The highest BCUT2D eigenvalue weighted by molar-refractivity contribution is 5.81. The third-order valence-electron chi connectivity index (χ3n) is 2.80. The minimum absolute atomic E-state index is 0.0209. The smallest absolute Gasteiger partial charge is 0.239 e. The first-order valence-electron chi connectivity index (χ1n) is 5.78. The Morgan fingerprint density at radius 3 is 2.87 bits per heavy atom. The molecule has 0 aromatic rings. The molecule has 0 aliphatic carbocycles. The molecule has 0 aromatic heterocycles. The molecule has 0 spiro atoms. The summed E-state index contributed by atoms with van der Waals surface area (Å²) in [6.45, 7) is 5.62. The van der Waals surface area contributed by atoms with E-state index >= 15 is 0 Å². The summed E-state index contributed by atoms with van der Waals surface area (Å²) in [7, 11) is 4.08. The van der Waals surface area contributed by atoms with Crippen molar-refractivity contribution < 1.29 is 4.79 Å². The van der Waals surface area contributed by atoms with E-state index in [4.69, 9.17) is 0 Å². The first kappa shape index (κ1) is 12.5. The van der Waals surface area contributed by atoms with Crippen LogP contribution in [0.1, 0.15) is 19.8 Å². The van der Waals surface area contributed by atoms with Crippen molar-refractivity contribution in [2.75, 3.05) is 40.3 Å². The van der Waals surface area contributed by atoms with E-state index in [0.717, 1.165) is 39.0 Å². The standard InChI is InChI=1S/C11H23N3O/c1-10-11(15)14(9-8-13(2)3)7-5-4-6-12-10/h10,12H,4-9H2,1-3H3.